The summed E-state index contributed by atoms with van der Waals surface area (Å²) in [5.74, 6) is -1.02. The van der Waals surface area contributed by atoms with Crippen molar-refractivity contribution >= 4 is 46.9 Å². The lowest BCUT2D eigenvalue weighted by Gasteiger charge is -2.40. The fraction of sp³-hybridized carbons (Fsp3) is 0.561. The summed E-state index contributed by atoms with van der Waals surface area (Å²) in [7, 11) is 3.87. The number of anilines is 4. The average Bonchev–Trinajstić information content (AvgIpc) is 3.19. The molecule has 57 heavy (non-hydrogen) atoms. The van der Waals surface area contributed by atoms with Crippen LogP contribution in [-0.4, -0.2) is 92.3 Å². The Balaban J connectivity index is 0.000000203. The number of piperidine rings is 2. The molecule has 3 saturated heterocycles. The number of hydrogen-bond donors (Lipinski definition) is 3. The van der Waals surface area contributed by atoms with Crippen LogP contribution in [0.3, 0.4) is 0 Å². The van der Waals surface area contributed by atoms with Crippen molar-refractivity contribution < 1.29 is 31.9 Å². The van der Waals surface area contributed by atoms with Gasteiger partial charge in [0.25, 0.3) is 0 Å². The molecule has 3 aromatic rings. The number of methoxy groups -OCH3 is 1. The molecular weight excluding hydrogens is 761 g/mol. The van der Waals surface area contributed by atoms with Crippen LogP contribution in [0.4, 0.5) is 40.7 Å². The van der Waals surface area contributed by atoms with Crippen molar-refractivity contribution in [2.75, 3.05) is 68.6 Å². The van der Waals surface area contributed by atoms with Gasteiger partial charge in [0.1, 0.15) is 17.2 Å². The Labute approximate surface area is 336 Å². The molecule has 11 nitrogen and oxygen atoms in total. The smallest absolute Gasteiger partial charge is 0.383 e. The van der Waals surface area contributed by atoms with E-state index in [4.69, 9.17) is 4.74 Å². The average molecular weight is 815 g/mol. The van der Waals surface area contributed by atoms with Gasteiger partial charge in [-0.15, -0.1) is 0 Å². The summed E-state index contributed by atoms with van der Waals surface area (Å²) < 4.78 is 64.2. The first-order chi connectivity index (χ1) is 27.4. The third-order valence-electron chi connectivity index (χ3n) is 11.2. The summed E-state index contributed by atoms with van der Waals surface area (Å²) in [6.07, 6.45) is 4.92. The molecule has 2 aromatic carbocycles. The van der Waals surface area contributed by atoms with Gasteiger partial charge < -0.3 is 19.9 Å². The van der Waals surface area contributed by atoms with Crippen molar-refractivity contribution in [2.24, 2.45) is 5.92 Å². The number of benzene rings is 2. The Kier molecular flexibility index (Phi) is 14.7. The monoisotopic (exact) mass is 814 g/mol. The molecule has 2 amide bonds. The molecule has 1 aromatic heterocycles. The highest BCUT2D eigenvalue weighted by atomic mass is 32.2. The van der Waals surface area contributed by atoms with Crippen molar-refractivity contribution in [2.45, 2.75) is 93.8 Å². The first-order valence-electron chi connectivity index (χ1n) is 19.9. The minimum atomic E-state index is -4.57. The number of halogens is 4. The predicted molar refractivity (Wildman–Crippen MR) is 215 cm³/mol. The SMILES string of the molecule is CC1CCCN(c2nc(Nc3ccc(SNC4CCCCC4)cc3F)ncc2C(F)(F)F)C1.COCC1CN(c2ccc(C3CCC(=O)NC3=O)cc2)CCN1C. The lowest BCUT2D eigenvalue weighted by atomic mass is 9.90. The van der Waals surface area contributed by atoms with Crippen LogP contribution in [0.1, 0.15) is 81.8 Å². The van der Waals surface area contributed by atoms with Crippen LogP contribution in [0.15, 0.2) is 53.6 Å². The number of piperazine rings is 1. The van der Waals surface area contributed by atoms with Gasteiger partial charge in [-0.25, -0.2) is 9.37 Å². The van der Waals surface area contributed by atoms with Gasteiger partial charge in [-0.2, -0.15) is 18.2 Å². The molecular formula is C41H54F4N8O3S. The van der Waals surface area contributed by atoms with E-state index in [0.29, 0.717) is 38.0 Å². The maximum Gasteiger partial charge on any atom is 0.421 e. The molecule has 1 saturated carbocycles. The third kappa shape index (κ3) is 11.6. The summed E-state index contributed by atoms with van der Waals surface area (Å²) >= 11 is 1.40. The number of carbonyl (C=O) groups excluding carboxylic acids is 2. The van der Waals surface area contributed by atoms with Crippen molar-refractivity contribution in [1.82, 2.24) is 24.9 Å². The van der Waals surface area contributed by atoms with Gasteiger partial charge in [0.2, 0.25) is 17.8 Å². The van der Waals surface area contributed by atoms with Crippen molar-refractivity contribution in [3.05, 3.63) is 65.6 Å². The fourth-order valence-electron chi connectivity index (χ4n) is 7.89. The Bertz CT molecular complexity index is 1810. The number of imide groups is 1. The second kappa shape index (κ2) is 19.6. The van der Waals surface area contributed by atoms with E-state index in [0.717, 1.165) is 68.6 Å². The number of aromatic nitrogens is 2. The van der Waals surface area contributed by atoms with Crippen LogP contribution in [0, 0.1) is 11.7 Å². The van der Waals surface area contributed by atoms with Crippen LogP contribution in [0.25, 0.3) is 0 Å². The van der Waals surface area contributed by atoms with E-state index in [1.807, 2.05) is 19.1 Å². The molecule has 3 unspecified atom stereocenters. The minimum Gasteiger partial charge on any atom is -0.383 e. The first-order valence-corrected chi connectivity index (χ1v) is 20.8. The minimum absolute atomic E-state index is 0.0594. The highest BCUT2D eigenvalue weighted by Crippen LogP contribution is 2.37. The van der Waals surface area contributed by atoms with Gasteiger partial charge in [-0.05, 0) is 92.9 Å². The highest BCUT2D eigenvalue weighted by molar-refractivity contribution is 7.97. The molecule has 3 aliphatic heterocycles. The van der Waals surface area contributed by atoms with Gasteiger partial charge in [-0.1, -0.05) is 38.3 Å². The number of amides is 2. The Hall–Kier alpha value is -3.99. The molecule has 7 rings (SSSR count). The molecule has 1 aliphatic carbocycles. The third-order valence-corrected chi connectivity index (χ3v) is 12.1. The number of likely N-dealkylation sites (N-methyl/N-ethyl adjacent to an activating group) is 1. The number of carbonyl (C=O) groups is 2. The van der Waals surface area contributed by atoms with Crippen LogP contribution in [0.5, 0.6) is 0 Å². The second-order valence-corrected chi connectivity index (χ2v) is 16.5. The fourth-order valence-corrected chi connectivity index (χ4v) is 8.73. The second-order valence-electron chi connectivity index (χ2n) is 15.6. The number of nitrogens with zero attached hydrogens (tertiary/aromatic N) is 5. The van der Waals surface area contributed by atoms with E-state index in [2.05, 4.69) is 54.3 Å². The number of nitrogens with one attached hydrogen (secondary N) is 3. The lowest BCUT2D eigenvalue weighted by molar-refractivity contribution is -0.138. The summed E-state index contributed by atoms with van der Waals surface area (Å²) in [5, 5.41) is 5.18. The zero-order valence-electron chi connectivity index (χ0n) is 32.9. The quantitative estimate of drug-likeness (QED) is 0.107. The normalized spacial score (nSPS) is 22.5. The van der Waals surface area contributed by atoms with Gasteiger partial charge in [0.05, 0.1) is 24.3 Å². The van der Waals surface area contributed by atoms with Crippen molar-refractivity contribution in [3.63, 3.8) is 0 Å². The Morgan fingerprint density at radius 1 is 0.947 bits per heavy atom. The molecule has 0 bridgehead atoms. The number of ether oxygens (including phenoxy) is 1. The summed E-state index contributed by atoms with van der Waals surface area (Å²) in [5.41, 5.74) is 1.39. The largest absolute Gasteiger partial charge is 0.421 e. The molecule has 3 atom stereocenters. The maximum atomic E-state index is 14.7. The van der Waals surface area contributed by atoms with Crippen LogP contribution in [0.2, 0.25) is 0 Å². The van der Waals surface area contributed by atoms with E-state index in [9.17, 15) is 27.2 Å². The van der Waals surface area contributed by atoms with Crippen LogP contribution < -0.4 is 25.2 Å². The van der Waals surface area contributed by atoms with Gasteiger partial charge >= 0.3 is 6.18 Å². The van der Waals surface area contributed by atoms with Crippen molar-refractivity contribution in [3.8, 4) is 0 Å². The zero-order chi connectivity index (χ0) is 40.5. The van der Waals surface area contributed by atoms with Crippen LogP contribution in [-0.2, 0) is 20.5 Å². The van der Waals surface area contributed by atoms with Gasteiger partial charge in [-0.3, -0.25) is 24.5 Å². The highest BCUT2D eigenvalue weighted by Gasteiger charge is 2.38. The van der Waals surface area contributed by atoms with E-state index < -0.39 is 17.6 Å². The lowest BCUT2D eigenvalue weighted by Crippen LogP contribution is -2.53. The molecule has 0 spiro atoms. The standard InChI is InChI=1S/C23H29F4N5S.C18H25N3O3/c1-15-6-5-11-32(14-15)21-18(23(25,26)27)13-28-22(30-21)29-20-10-9-17(12-19(20)24)33-31-16-7-3-2-4-8-16;1-20-9-10-21(11-15(20)12-24-2)14-5-3-13(4-6-14)16-7-8-17(22)19-18(16)23/h9-10,12-13,15-16,31H,2-8,11,14H2,1H3,(H,28,29,30);3-6,15-16H,7-12H2,1-2H3,(H,19,22,23). The van der Waals surface area contributed by atoms with Gasteiger partial charge in [0, 0.05) is 69.1 Å². The van der Waals surface area contributed by atoms with E-state index >= 15 is 0 Å². The zero-order valence-corrected chi connectivity index (χ0v) is 33.7. The summed E-state index contributed by atoms with van der Waals surface area (Å²) in [4.78, 5) is 38.3. The maximum absolute atomic E-state index is 14.7. The van der Waals surface area contributed by atoms with Crippen molar-refractivity contribution in [1.29, 1.82) is 0 Å². The molecule has 310 valence electrons. The Morgan fingerprint density at radius 2 is 1.72 bits per heavy atom. The van der Waals surface area contributed by atoms with E-state index in [1.54, 1.807) is 24.1 Å². The predicted octanol–water partition coefficient (Wildman–Crippen LogP) is 7.52. The first kappa shape index (κ1) is 42.6. The van der Waals surface area contributed by atoms with E-state index in [-0.39, 0.29) is 41.1 Å². The molecule has 4 aliphatic rings. The molecule has 3 N–H and O–H groups in total. The Morgan fingerprint density at radius 3 is 2.40 bits per heavy atom. The molecule has 4 fully saturated rings. The summed E-state index contributed by atoms with van der Waals surface area (Å²) in [6.45, 7) is 6.64. The molecule has 4 heterocycles. The molecule has 16 heteroatoms. The topological polar surface area (TPSA) is 115 Å². The summed E-state index contributed by atoms with van der Waals surface area (Å²) in [6, 6.07) is 13.7. The van der Waals surface area contributed by atoms with E-state index in [1.165, 1.54) is 43.0 Å². The number of alkyl halides is 3. The number of hydrogen-bond acceptors (Lipinski definition) is 11. The van der Waals surface area contributed by atoms with Gasteiger partial charge in [0.15, 0.2) is 0 Å². The van der Waals surface area contributed by atoms with Crippen LogP contribution >= 0.6 is 11.9 Å². The molecule has 0 radical (unpaired) electrons. The number of rotatable bonds is 10.